The number of hydrogen-bond donors (Lipinski definition) is 2. The van der Waals surface area contributed by atoms with Crippen molar-refractivity contribution in [2.45, 2.75) is 19.6 Å². The second-order valence-electron chi connectivity index (χ2n) is 8.08. The van der Waals surface area contributed by atoms with Crippen molar-refractivity contribution in [3.8, 4) is 11.4 Å². The van der Waals surface area contributed by atoms with Crippen LogP contribution in [0.15, 0.2) is 36.7 Å². The summed E-state index contributed by atoms with van der Waals surface area (Å²) >= 11 is 0. The van der Waals surface area contributed by atoms with Crippen molar-refractivity contribution < 1.29 is 27.8 Å². The molecule has 1 amide bonds. The summed E-state index contributed by atoms with van der Waals surface area (Å²) in [5.41, 5.74) is 1.45. The molecular weight excluding hydrogens is 465 g/mol. The van der Waals surface area contributed by atoms with Crippen molar-refractivity contribution in [3.05, 3.63) is 59.9 Å². The van der Waals surface area contributed by atoms with Gasteiger partial charge >= 0.3 is 0 Å². The zero-order chi connectivity index (χ0) is 25.1. The van der Waals surface area contributed by atoms with Crippen LogP contribution in [-0.4, -0.2) is 70.2 Å². The average Bonchev–Trinajstić information content (AvgIpc) is 3.18. The largest absolute Gasteiger partial charge is 0.494 e. The first-order valence-corrected chi connectivity index (χ1v) is 10.9. The summed E-state index contributed by atoms with van der Waals surface area (Å²) in [6.07, 6.45) is 0.502. The maximum absolute atomic E-state index is 13.4. The van der Waals surface area contributed by atoms with Crippen LogP contribution in [0, 0.1) is 24.4 Å². The fourth-order valence-corrected chi connectivity index (χ4v) is 3.92. The smallest absolute Gasteiger partial charge is 0.224 e. The fourth-order valence-electron chi connectivity index (χ4n) is 3.92. The van der Waals surface area contributed by atoms with E-state index in [2.05, 4.69) is 15.4 Å². The number of amides is 1. The number of carbonyl (C=O) groups excluding carboxylic acids is 1. The summed E-state index contributed by atoms with van der Waals surface area (Å²) in [5.74, 6) is -3.28. The van der Waals surface area contributed by atoms with Crippen molar-refractivity contribution >= 4 is 17.3 Å². The predicted octanol–water partition coefficient (Wildman–Crippen LogP) is 2.47. The van der Waals surface area contributed by atoms with Gasteiger partial charge in [0.25, 0.3) is 0 Å². The number of nitrogens with zero attached hydrogens (tertiary/aromatic N) is 5. The number of β-amino-alcohol motifs (C(OH)–C–C–N with tert-alkyl or cyclic N) is 1. The van der Waals surface area contributed by atoms with Gasteiger partial charge in [0, 0.05) is 55.6 Å². The highest BCUT2D eigenvalue weighted by Crippen LogP contribution is 2.29. The van der Waals surface area contributed by atoms with Gasteiger partial charge in [0.05, 0.1) is 13.7 Å². The lowest BCUT2D eigenvalue weighted by Gasteiger charge is -2.26. The lowest BCUT2D eigenvalue weighted by Crippen LogP contribution is -2.41. The third-order valence-corrected chi connectivity index (χ3v) is 5.68. The molecule has 0 spiro atoms. The van der Waals surface area contributed by atoms with E-state index >= 15 is 0 Å². The Labute approximate surface area is 199 Å². The highest BCUT2D eigenvalue weighted by atomic mass is 19.2. The molecule has 2 heterocycles. The molecule has 1 aromatic heterocycles. The molecule has 3 aromatic rings. The van der Waals surface area contributed by atoms with Gasteiger partial charge in [-0.1, -0.05) is 0 Å². The molecule has 0 bridgehead atoms. The highest BCUT2D eigenvalue weighted by Gasteiger charge is 2.24. The first-order chi connectivity index (χ1) is 16.7. The number of halogens is 3. The van der Waals surface area contributed by atoms with Crippen LogP contribution in [0.2, 0.25) is 0 Å². The Kier molecular flexibility index (Phi) is 7.10. The molecule has 1 aliphatic rings. The van der Waals surface area contributed by atoms with Crippen molar-refractivity contribution in [2.24, 2.45) is 0 Å². The van der Waals surface area contributed by atoms with Crippen LogP contribution in [0.3, 0.4) is 0 Å². The van der Waals surface area contributed by atoms with E-state index in [1.807, 2.05) is 23.1 Å². The summed E-state index contributed by atoms with van der Waals surface area (Å²) < 4.78 is 47.1. The van der Waals surface area contributed by atoms with E-state index in [4.69, 9.17) is 4.74 Å². The maximum atomic E-state index is 13.4. The Bertz CT molecular complexity index is 1200. The van der Waals surface area contributed by atoms with Crippen LogP contribution in [0.25, 0.3) is 5.69 Å². The standard InChI is InChI=1S/C23H25F3N6O3/c1-14-27-13-32(29-14)19-4-3-16(11-20(19)35-2)30-6-5-22(34)31(8-7-30)12-21(33)28-15-9-17(24)23(26)18(25)10-15/h3-4,9-11,13,21,28,33H,5-8,12H2,1-2H3. The minimum Gasteiger partial charge on any atom is -0.494 e. The number of ether oxygens (including phenoxy) is 1. The van der Waals surface area contributed by atoms with Crippen LogP contribution in [0.1, 0.15) is 12.2 Å². The molecule has 12 heteroatoms. The summed E-state index contributed by atoms with van der Waals surface area (Å²) in [6.45, 7) is 2.94. The Balaban J connectivity index is 1.42. The predicted molar refractivity (Wildman–Crippen MR) is 122 cm³/mol. The van der Waals surface area contributed by atoms with Gasteiger partial charge in [-0.25, -0.2) is 22.8 Å². The number of rotatable bonds is 7. The average molecular weight is 490 g/mol. The number of aliphatic hydroxyl groups is 1. The minimum absolute atomic E-state index is 0.110. The van der Waals surface area contributed by atoms with Crippen molar-refractivity contribution in [2.75, 3.05) is 43.5 Å². The Morgan fingerprint density at radius 1 is 1.14 bits per heavy atom. The SMILES string of the molecule is COc1cc(N2CCC(=O)N(CC(O)Nc3cc(F)c(F)c(F)c3)CC2)ccc1-n1cnc(C)n1. The van der Waals surface area contributed by atoms with Gasteiger partial charge in [-0.15, -0.1) is 0 Å². The minimum atomic E-state index is -1.59. The van der Waals surface area contributed by atoms with E-state index in [1.54, 1.807) is 25.0 Å². The van der Waals surface area contributed by atoms with Crippen LogP contribution in [0.4, 0.5) is 24.5 Å². The van der Waals surface area contributed by atoms with E-state index in [9.17, 15) is 23.1 Å². The second-order valence-corrected chi connectivity index (χ2v) is 8.08. The number of carbonyl (C=O) groups is 1. The lowest BCUT2D eigenvalue weighted by molar-refractivity contribution is -0.131. The van der Waals surface area contributed by atoms with Gasteiger partial charge in [0.1, 0.15) is 29.8 Å². The number of aromatic nitrogens is 3. The topological polar surface area (TPSA) is 95.8 Å². The number of anilines is 2. The number of methoxy groups -OCH3 is 1. The second kappa shape index (κ2) is 10.2. The molecule has 0 aliphatic carbocycles. The highest BCUT2D eigenvalue weighted by molar-refractivity contribution is 5.77. The van der Waals surface area contributed by atoms with E-state index in [1.165, 1.54) is 4.90 Å². The van der Waals surface area contributed by atoms with Crippen LogP contribution in [-0.2, 0) is 4.79 Å². The zero-order valence-corrected chi connectivity index (χ0v) is 19.2. The molecule has 0 radical (unpaired) electrons. The van der Waals surface area contributed by atoms with Gasteiger partial charge in [-0.2, -0.15) is 5.10 Å². The quantitative estimate of drug-likeness (QED) is 0.388. The van der Waals surface area contributed by atoms with Crippen molar-refractivity contribution in [1.29, 1.82) is 0 Å². The summed E-state index contributed by atoms with van der Waals surface area (Å²) in [5, 5.41) is 17.1. The molecule has 186 valence electrons. The van der Waals surface area contributed by atoms with E-state index in [-0.39, 0.29) is 24.6 Å². The lowest BCUT2D eigenvalue weighted by atomic mass is 10.2. The molecule has 1 unspecified atom stereocenters. The molecule has 35 heavy (non-hydrogen) atoms. The molecule has 1 saturated heterocycles. The third kappa shape index (κ3) is 5.48. The Hall–Kier alpha value is -3.80. The first kappa shape index (κ1) is 24.3. The van der Waals surface area contributed by atoms with Gasteiger partial charge in [0.15, 0.2) is 17.5 Å². The molecule has 2 N–H and O–H groups in total. The zero-order valence-electron chi connectivity index (χ0n) is 19.2. The fraction of sp³-hybridized carbons (Fsp3) is 0.348. The molecule has 9 nitrogen and oxygen atoms in total. The summed E-state index contributed by atoms with van der Waals surface area (Å²) in [7, 11) is 1.56. The first-order valence-electron chi connectivity index (χ1n) is 10.9. The monoisotopic (exact) mass is 490 g/mol. The molecule has 0 saturated carbocycles. The number of hydrogen-bond acceptors (Lipinski definition) is 7. The van der Waals surface area contributed by atoms with E-state index in [0.717, 1.165) is 23.5 Å². The van der Waals surface area contributed by atoms with Gasteiger partial charge in [0.2, 0.25) is 5.91 Å². The number of aliphatic hydroxyl groups excluding tert-OH is 1. The normalized spacial score (nSPS) is 15.2. The number of aryl methyl sites for hydroxylation is 1. The number of nitrogens with one attached hydrogen (secondary N) is 1. The third-order valence-electron chi connectivity index (χ3n) is 5.68. The molecular formula is C23H25F3N6O3. The van der Waals surface area contributed by atoms with E-state index < -0.39 is 23.7 Å². The van der Waals surface area contributed by atoms with Gasteiger partial charge in [-0.05, 0) is 19.1 Å². The van der Waals surface area contributed by atoms with Crippen LogP contribution < -0.4 is 15.0 Å². The molecule has 4 rings (SSSR count). The van der Waals surface area contributed by atoms with Crippen LogP contribution in [0.5, 0.6) is 5.75 Å². The van der Waals surface area contributed by atoms with Crippen molar-refractivity contribution in [3.63, 3.8) is 0 Å². The summed E-state index contributed by atoms with van der Waals surface area (Å²) in [6, 6.07) is 7.11. The Morgan fingerprint density at radius 3 is 2.54 bits per heavy atom. The number of benzene rings is 2. The van der Waals surface area contributed by atoms with Crippen molar-refractivity contribution in [1.82, 2.24) is 19.7 Å². The van der Waals surface area contributed by atoms with Gasteiger partial charge in [-0.3, -0.25) is 4.79 Å². The summed E-state index contributed by atoms with van der Waals surface area (Å²) in [4.78, 5) is 20.3. The molecule has 1 aliphatic heterocycles. The maximum Gasteiger partial charge on any atom is 0.224 e. The molecule has 1 atom stereocenters. The molecule has 1 fully saturated rings. The van der Waals surface area contributed by atoms with E-state index in [0.29, 0.717) is 31.2 Å². The van der Waals surface area contributed by atoms with Gasteiger partial charge < -0.3 is 25.0 Å². The molecule has 2 aromatic carbocycles. The van der Waals surface area contributed by atoms with Crippen LogP contribution >= 0.6 is 0 Å². The Morgan fingerprint density at radius 2 is 1.89 bits per heavy atom.